The van der Waals surface area contributed by atoms with Gasteiger partial charge in [-0.15, -0.1) is 0 Å². The van der Waals surface area contributed by atoms with Crippen molar-refractivity contribution in [2.45, 2.75) is 112 Å². The third-order valence-electron chi connectivity index (χ3n) is 13.4. The second-order valence-electron chi connectivity index (χ2n) is 15.5. The van der Waals surface area contributed by atoms with Crippen LogP contribution in [0.4, 0.5) is 0 Å². The Morgan fingerprint density at radius 2 is 1.70 bits per heavy atom. The molecule has 4 nitrogen and oxygen atoms in total. The SMILES string of the molecule is C=CCOC(=O)[C@@]1(C)CC[C@]2(C)CC[C@]3(C)C(=CC(=O)[C@@H]4[C@@]5(C)CCC(O)C(C)(C)[C@@H]5CC[C@]43C)[C@@H]2C1. The summed E-state index contributed by atoms with van der Waals surface area (Å²) in [5.74, 6) is 0.731. The molecular formula is C33H50O4. The summed E-state index contributed by atoms with van der Waals surface area (Å²) >= 11 is 0. The lowest BCUT2D eigenvalue weighted by molar-refractivity contribution is -0.202. The highest BCUT2D eigenvalue weighted by Crippen LogP contribution is 2.75. The summed E-state index contributed by atoms with van der Waals surface area (Å²) in [5, 5.41) is 10.9. The molecule has 0 saturated heterocycles. The van der Waals surface area contributed by atoms with Gasteiger partial charge in [-0.1, -0.05) is 59.8 Å². The van der Waals surface area contributed by atoms with Gasteiger partial charge in [-0.2, -0.15) is 0 Å². The lowest BCUT2D eigenvalue weighted by atomic mass is 9.33. The molecule has 0 aromatic carbocycles. The molecule has 0 aromatic rings. The van der Waals surface area contributed by atoms with Gasteiger partial charge in [0, 0.05) is 5.92 Å². The smallest absolute Gasteiger partial charge is 0.312 e. The molecule has 4 heteroatoms. The Labute approximate surface area is 224 Å². The third-order valence-corrected chi connectivity index (χ3v) is 13.4. The van der Waals surface area contributed by atoms with Crippen LogP contribution in [0.15, 0.2) is 24.3 Å². The number of hydrogen-bond acceptors (Lipinski definition) is 4. The highest BCUT2D eigenvalue weighted by molar-refractivity contribution is 5.95. The van der Waals surface area contributed by atoms with Crippen molar-refractivity contribution in [3.05, 3.63) is 24.3 Å². The van der Waals surface area contributed by atoms with E-state index in [1.54, 1.807) is 6.08 Å². The summed E-state index contributed by atoms with van der Waals surface area (Å²) in [4.78, 5) is 27.5. The number of carbonyl (C=O) groups excluding carboxylic acids is 2. The van der Waals surface area contributed by atoms with Gasteiger partial charge in [-0.3, -0.25) is 9.59 Å². The Balaban J connectivity index is 1.57. The van der Waals surface area contributed by atoms with Crippen molar-refractivity contribution < 1.29 is 19.4 Å². The number of aliphatic hydroxyl groups is 1. The zero-order valence-corrected chi connectivity index (χ0v) is 24.4. The fourth-order valence-corrected chi connectivity index (χ4v) is 10.7. The van der Waals surface area contributed by atoms with Crippen LogP contribution in [0, 0.1) is 50.2 Å². The Bertz CT molecular complexity index is 1040. The van der Waals surface area contributed by atoms with Crippen molar-refractivity contribution in [2.75, 3.05) is 6.61 Å². The number of allylic oxidation sites excluding steroid dienone is 2. The molecule has 0 amide bonds. The van der Waals surface area contributed by atoms with Crippen LogP contribution < -0.4 is 0 Å². The minimum atomic E-state index is -0.528. The summed E-state index contributed by atoms with van der Waals surface area (Å²) in [6, 6.07) is 0. The van der Waals surface area contributed by atoms with Gasteiger partial charge in [-0.05, 0) is 110 Å². The summed E-state index contributed by atoms with van der Waals surface area (Å²) in [6.45, 7) is 20.1. The van der Waals surface area contributed by atoms with E-state index in [0.717, 1.165) is 57.8 Å². The van der Waals surface area contributed by atoms with Crippen molar-refractivity contribution >= 4 is 11.8 Å². The Morgan fingerprint density at radius 3 is 2.38 bits per heavy atom. The van der Waals surface area contributed by atoms with Gasteiger partial charge in [0.05, 0.1) is 11.5 Å². The highest BCUT2D eigenvalue weighted by Gasteiger charge is 2.70. The molecule has 9 atom stereocenters. The maximum Gasteiger partial charge on any atom is 0.312 e. The Hall–Kier alpha value is -1.42. The molecule has 0 aliphatic heterocycles. The summed E-state index contributed by atoms with van der Waals surface area (Å²) in [5.41, 5.74) is 0.453. The van der Waals surface area contributed by atoms with Gasteiger partial charge in [0.1, 0.15) is 6.61 Å². The molecular weight excluding hydrogens is 460 g/mol. The molecule has 5 aliphatic rings. The maximum absolute atomic E-state index is 14.4. The minimum Gasteiger partial charge on any atom is -0.461 e. The first-order valence-electron chi connectivity index (χ1n) is 14.8. The van der Waals surface area contributed by atoms with Gasteiger partial charge in [0.15, 0.2) is 5.78 Å². The normalized spacial score (nSPS) is 50.5. The Kier molecular flexibility index (Phi) is 6.09. The minimum absolute atomic E-state index is 0.0174. The lowest BCUT2D eigenvalue weighted by Gasteiger charge is -2.70. The number of esters is 1. The topological polar surface area (TPSA) is 63.6 Å². The third kappa shape index (κ3) is 3.49. The zero-order valence-electron chi connectivity index (χ0n) is 24.4. The standard InChI is InChI=1S/C33H50O4/c1-9-18-37-27(36)30(5)15-14-29(4)16-17-32(7)21(22(29)20-30)19-23(34)26-31(6)12-11-25(35)28(2,3)24(31)10-13-33(26,32)8/h9,19,22,24-26,35H,1,10-18,20H2,2-8H3/t22-,24-,25?,26+,29+,30-,31-,32+,33+/m0/s1. The summed E-state index contributed by atoms with van der Waals surface area (Å²) in [6.07, 6.45) is 12.0. The predicted octanol–water partition coefficient (Wildman–Crippen LogP) is 7.06. The quantitative estimate of drug-likeness (QED) is 0.326. The van der Waals surface area contributed by atoms with Crippen LogP contribution in [0.2, 0.25) is 0 Å². The first-order valence-corrected chi connectivity index (χ1v) is 14.8. The highest BCUT2D eigenvalue weighted by atomic mass is 16.5. The number of hydrogen-bond donors (Lipinski definition) is 1. The van der Waals surface area contributed by atoms with E-state index in [1.807, 2.05) is 0 Å². The predicted molar refractivity (Wildman–Crippen MR) is 147 cm³/mol. The van der Waals surface area contributed by atoms with Crippen LogP contribution >= 0.6 is 0 Å². The van der Waals surface area contributed by atoms with E-state index in [1.165, 1.54) is 5.57 Å². The molecule has 1 unspecified atom stereocenters. The van der Waals surface area contributed by atoms with E-state index in [0.29, 0.717) is 11.7 Å². The summed E-state index contributed by atoms with van der Waals surface area (Å²) < 4.78 is 5.57. The second kappa shape index (κ2) is 8.29. The van der Waals surface area contributed by atoms with E-state index in [9.17, 15) is 14.7 Å². The summed E-state index contributed by atoms with van der Waals surface area (Å²) in [7, 11) is 0. The average Bonchev–Trinajstić information content (AvgIpc) is 2.82. The van der Waals surface area contributed by atoms with E-state index in [4.69, 9.17) is 4.74 Å². The molecule has 1 N–H and O–H groups in total. The number of fused-ring (bicyclic) bond motifs is 7. The molecule has 0 bridgehead atoms. The number of carbonyl (C=O) groups is 2. The van der Waals surface area contributed by atoms with Crippen LogP contribution in [0.5, 0.6) is 0 Å². The van der Waals surface area contributed by atoms with E-state index in [-0.39, 0.29) is 57.6 Å². The van der Waals surface area contributed by atoms with Crippen LogP contribution in [0.1, 0.15) is 106 Å². The van der Waals surface area contributed by atoms with Crippen LogP contribution in [-0.2, 0) is 14.3 Å². The van der Waals surface area contributed by atoms with E-state index in [2.05, 4.69) is 61.1 Å². The second-order valence-corrected chi connectivity index (χ2v) is 15.5. The Morgan fingerprint density at radius 1 is 1.03 bits per heavy atom. The maximum atomic E-state index is 14.4. The van der Waals surface area contributed by atoms with Gasteiger partial charge in [0.2, 0.25) is 0 Å². The molecule has 4 fully saturated rings. The van der Waals surface area contributed by atoms with Gasteiger partial charge in [-0.25, -0.2) is 0 Å². The number of ketones is 1. The monoisotopic (exact) mass is 510 g/mol. The van der Waals surface area contributed by atoms with E-state index < -0.39 is 5.41 Å². The van der Waals surface area contributed by atoms with Crippen LogP contribution in [-0.4, -0.2) is 29.6 Å². The molecule has 37 heavy (non-hydrogen) atoms. The van der Waals surface area contributed by atoms with Crippen LogP contribution in [0.3, 0.4) is 0 Å². The number of ether oxygens (including phenoxy) is 1. The van der Waals surface area contributed by atoms with Gasteiger partial charge in [0.25, 0.3) is 0 Å². The number of aliphatic hydroxyl groups excluding tert-OH is 1. The molecule has 0 heterocycles. The first-order chi connectivity index (χ1) is 17.1. The molecule has 5 rings (SSSR count). The molecule has 206 valence electrons. The number of rotatable bonds is 3. The van der Waals surface area contributed by atoms with Crippen molar-refractivity contribution in [3.63, 3.8) is 0 Å². The molecule has 0 radical (unpaired) electrons. The fraction of sp³-hybridized carbons (Fsp3) is 0.818. The van der Waals surface area contributed by atoms with Crippen molar-refractivity contribution in [2.24, 2.45) is 50.2 Å². The van der Waals surface area contributed by atoms with Crippen molar-refractivity contribution in [1.29, 1.82) is 0 Å². The largest absolute Gasteiger partial charge is 0.461 e. The lowest BCUT2D eigenvalue weighted by Crippen LogP contribution is -2.66. The molecule has 0 spiro atoms. The molecule has 0 aromatic heterocycles. The van der Waals surface area contributed by atoms with Crippen LogP contribution in [0.25, 0.3) is 0 Å². The average molecular weight is 511 g/mol. The van der Waals surface area contributed by atoms with E-state index >= 15 is 0 Å². The molecule has 4 saturated carbocycles. The first kappa shape index (κ1) is 27.2. The molecule has 5 aliphatic carbocycles. The van der Waals surface area contributed by atoms with Gasteiger partial charge >= 0.3 is 5.97 Å². The zero-order chi connectivity index (χ0) is 27.2. The van der Waals surface area contributed by atoms with Crippen molar-refractivity contribution in [3.8, 4) is 0 Å². The fourth-order valence-electron chi connectivity index (χ4n) is 10.7. The van der Waals surface area contributed by atoms with Gasteiger partial charge < -0.3 is 9.84 Å². The van der Waals surface area contributed by atoms with Crippen molar-refractivity contribution in [1.82, 2.24) is 0 Å².